The third-order valence-electron chi connectivity index (χ3n) is 1.38. The average molecular weight is 187 g/mol. The summed E-state index contributed by atoms with van der Waals surface area (Å²) in [5, 5.41) is 0. The first kappa shape index (κ1) is 11.9. The van der Waals surface area contributed by atoms with Crippen molar-refractivity contribution in [2.24, 2.45) is 11.7 Å². The summed E-state index contributed by atoms with van der Waals surface area (Å²) in [6.45, 7) is 6.94. The topological polar surface area (TPSA) is 69.4 Å². The standard InChI is InChI=1S/C9H17NO3/c1-6(8(10)12)5-7(11)13-9(2,3)4/h6H,5H2,1-4H3,(H2,10,12)/t6-/m0/s1. The second-order valence-electron chi connectivity index (χ2n) is 4.09. The zero-order valence-corrected chi connectivity index (χ0v) is 8.59. The zero-order valence-electron chi connectivity index (χ0n) is 8.59. The largest absolute Gasteiger partial charge is 0.460 e. The highest BCUT2D eigenvalue weighted by Gasteiger charge is 2.20. The molecule has 0 saturated carbocycles. The first-order valence-corrected chi connectivity index (χ1v) is 4.23. The van der Waals surface area contributed by atoms with Gasteiger partial charge in [-0.15, -0.1) is 0 Å². The van der Waals surface area contributed by atoms with Gasteiger partial charge in [0.1, 0.15) is 5.60 Å². The van der Waals surface area contributed by atoms with Crippen LogP contribution >= 0.6 is 0 Å². The molecule has 0 bridgehead atoms. The molecular formula is C9H17NO3. The van der Waals surface area contributed by atoms with E-state index in [4.69, 9.17) is 10.5 Å². The molecule has 0 rings (SSSR count). The summed E-state index contributed by atoms with van der Waals surface area (Å²) in [6.07, 6.45) is 0.0482. The first-order chi connectivity index (χ1) is 5.72. The van der Waals surface area contributed by atoms with Crippen LogP contribution in [0.25, 0.3) is 0 Å². The maximum atomic E-state index is 11.1. The van der Waals surface area contributed by atoms with Crippen molar-refractivity contribution in [3.63, 3.8) is 0 Å². The molecule has 0 unspecified atom stereocenters. The monoisotopic (exact) mass is 187 g/mol. The number of rotatable bonds is 3. The number of carbonyl (C=O) groups is 2. The third-order valence-corrected chi connectivity index (χ3v) is 1.38. The second kappa shape index (κ2) is 4.25. The molecule has 1 amide bonds. The number of esters is 1. The molecule has 0 saturated heterocycles. The van der Waals surface area contributed by atoms with Gasteiger partial charge in [-0.1, -0.05) is 6.92 Å². The van der Waals surface area contributed by atoms with Crippen LogP contribution in [0.3, 0.4) is 0 Å². The predicted octanol–water partition coefficient (Wildman–Crippen LogP) is 0.840. The summed E-state index contributed by atoms with van der Waals surface area (Å²) < 4.78 is 5.01. The quantitative estimate of drug-likeness (QED) is 0.665. The van der Waals surface area contributed by atoms with Gasteiger partial charge in [-0.3, -0.25) is 9.59 Å². The van der Waals surface area contributed by atoms with E-state index < -0.39 is 17.4 Å². The Balaban J connectivity index is 3.96. The van der Waals surface area contributed by atoms with E-state index in [9.17, 15) is 9.59 Å². The van der Waals surface area contributed by atoms with E-state index in [2.05, 4.69) is 0 Å². The molecule has 1 atom stereocenters. The number of amides is 1. The molecule has 4 nitrogen and oxygen atoms in total. The van der Waals surface area contributed by atoms with E-state index in [0.717, 1.165) is 0 Å². The minimum atomic E-state index is -0.506. The molecule has 0 spiro atoms. The summed E-state index contributed by atoms with van der Waals surface area (Å²) >= 11 is 0. The Morgan fingerprint density at radius 3 is 2.15 bits per heavy atom. The molecule has 0 fully saturated rings. The van der Waals surface area contributed by atoms with Crippen LogP contribution in [0.2, 0.25) is 0 Å². The Kier molecular flexibility index (Phi) is 3.91. The molecule has 13 heavy (non-hydrogen) atoms. The van der Waals surface area contributed by atoms with Crippen LogP contribution in [-0.2, 0) is 14.3 Å². The van der Waals surface area contributed by atoms with Gasteiger partial charge < -0.3 is 10.5 Å². The van der Waals surface area contributed by atoms with E-state index in [-0.39, 0.29) is 12.4 Å². The van der Waals surface area contributed by atoms with Gasteiger partial charge in [-0.05, 0) is 20.8 Å². The van der Waals surface area contributed by atoms with Crippen molar-refractivity contribution in [1.82, 2.24) is 0 Å². The maximum Gasteiger partial charge on any atom is 0.307 e. The molecule has 2 N–H and O–H groups in total. The molecule has 0 aromatic heterocycles. The summed E-state index contributed by atoms with van der Waals surface area (Å²) in [6, 6.07) is 0. The highest BCUT2D eigenvalue weighted by molar-refractivity contribution is 5.82. The van der Waals surface area contributed by atoms with Crippen molar-refractivity contribution in [2.75, 3.05) is 0 Å². The fraction of sp³-hybridized carbons (Fsp3) is 0.778. The molecule has 4 heteroatoms. The van der Waals surface area contributed by atoms with Gasteiger partial charge >= 0.3 is 5.97 Å². The smallest absolute Gasteiger partial charge is 0.307 e. The van der Waals surface area contributed by atoms with E-state index in [1.165, 1.54) is 0 Å². The van der Waals surface area contributed by atoms with Crippen LogP contribution in [-0.4, -0.2) is 17.5 Å². The van der Waals surface area contributed by atoms with E-state index >= 15 is 0 Å². The normalized spacial score (nSPS) is 13.5. The number of hydrogen-bond acceptors (Lipinski definition) is 3. The van der Waals surface area contributed by atoms with Gasteiger partial charge in [-0.25, -0.2) is 0 Å². The molecule has 0 heterocycles. The van der Waals surface area contributed by atoms with Crippen molar-refractivity contribution in [2.45, 2.75) is 39.7 Å². The molecule has 0 aliphatic rings. The minimum Gasteiger partial charge on any atom is -0.460 e. The molecule has 0 aliphatic heterocycles. The first-order valence-electron chi connectivity index (χ1n) is 4.23. The number of nitrogens with two attached hydrogens (primary N) is 1. The summed E-state index contributed by atoms with van der Waals surface area (Å²) in [4.78, 5) is 21.8. The molecule has 0 aromatic carbocycles. The highest BCUT2D eigenvalue weighted by atomic mass is 16.6. The lowest BCUT2D eigenvalue weighted by molar-refractivity contribution is -0.156. The van der Waals surface area contributed by atoms with Crippen LogP contribution in [0.15, 0.2) is 0 Å². The zero-order chi connectivity index (χ0) is 10.6. The number of hydrogen-bond donors (Lipinski definition) is 1. The fourth-order valence-electron chi connectivity index (χ4n) is 0.734. The highest BCUT2D eigenvalue weighted by Crippen LogP contribution is 2.11. The maximum absolute atomic E-state index is 11.1. The molecule has 0 aliphatic carbocycles. The van der Waals surface area contributed by atoms with Crippen LogP contribution in [0.1, 0.15) is 34.1 Å². The summed E-state index contributed by atoms with van der Waals surface area (Å²) in [7, 11) is 0. The Morgan fingerprint density at radius 1 is 1.38 bits per heavy atom. The van der Waals surface area contributed by atoms with Gasteiger partial charge in [0.05, 0.1) is 6.42 Å². The molecule has 0 radical (unpaired) electrons. The molecule has 0 aromatic rings. The van der Waals surface area contributed by atoms with Crippen molar-refractivity contribution in [3.8, 4) is 0 Å². The predicted molar refractivity (Wildman–Crippen MR) is 48.8 cm³/mol. The lowest BCUT2D eigenvalue weighted by Crippen LogP contribution is -2.28. The Bertz CT molecular complexity index is 205. The number of ether oxygens (including phenoxy) is 1. The van der Waals surface area contributed by atoms with Gasteiger partial charge in [0.15, 0.2) is 0 Å². The SMILES string of the molecule is C[C@@H](CC(=O)OC(C)(C)C)C(N)=O. The van der Waals surface area contributed by atoms with Crippen LogP contribution in [0, 0.1) is 5.92 Å². The Labute approximate surface area is 78.4 Å². The fourth-order valence-corrected chi connectivity index (χ4v) is 0.734. The second-order valence-corrected chi connectivity index (χ2v) is 4.09. The van der Waals surface area contributed by atoms with E-state index in [1.54, 1.807) is 27.7 Å². The molecule has 76 valence electrons. The van der Waals surface area contributed by atoms with Crippen LogP contribution < -0.4 is 5.73 Å². The summed E-state index contributed by atoms with van der Waals surface area (Å²) in [5.41, 5.74) is 4.50. The van der Waals surface area contributed by atoms with Crippen LogP contribution in [0.5, 0.6) is 0 Å². The Hall–Kier alpha value is -1.06. The van der Waals surface area contributed by atoms with Gasteiger partial charge in [-0.2, -0.15) is 0 Å². The lowest BCUT2D eigenvalue weighted by atomic mass is 10.1. The third kappa shape index (κ3) is 6.13. The summed E-state index contributed by atoms with van der Waals surface area (Å²) in [5.74, 6) is -1.33. The number of carbonyl (C=O) groups excluding carboxylic acids is 2. The Morgan fingerprint density at radius 2 is 1.85 bits per heavy atom. The van der Waals surface area contributed by atoms with Crippen molar-refractivity contribution >= 4 is 11.9 Å². The minimum absolute atomic E-state index is 0.0482. The van der Waals surface area contributed by atoms with Crippen molar-refractivity contribution in [3.05, 3.63) is 0 Å². The number of primary amides is 1. The van der Waals surface area contributed by atoms with E-state index in [1.807, 2.05) is 0 Å². The van der Waals surface area contributed by atoms with Gasteiger partial charge in [0.2, 0.25) is 5.91 Å². The van der Waals surface area contributed by atoms with Gasteiger partial charge in [0.25, 0.3) is 0 Å². The lowest BCUT2D eigenvalue weighted by Gasteiger charge is -2.20. The molecular weight excluding hydrogens is 170 g/mol. The van der Waals surface area contributed by atoms with E-state index in [0.29, 0.717) is 0 Å². The van der Waals surface area contributed by atoms with Crippen LogP contribution in [0.4, 0.5) is 0 Å². The van der Waals surface area contributed by atoms with Crippen molar-refractivity contribution < 1.29 is 14.3 Å². The van der Waals surface area contributed by atoms with Crippen molar-refractivity contribution in [1.29, 1.82) is 0 Å². The van der Waals surface area contributed by atoms with Gasteiger partial charge in [0, 0.05) is 5.92 Å². The average Bonchev–Trinajstić information content (AvgIpc) is 1.81.